The molecular weight excluding hydrogens is 711 g/mol. The van der Waals surface area contributed by atoms with E-state index in [-0.39, 0.29) is 11.0 Å². The van der Waals surface area contributed by atoms with Crippen LogP contribution in [0.4, 0.5) is 17.1 Å². The van der Waals surface area contributed by atoms with Gasteiger partial charge in [-0.15, -0.1) is 0 Å². The van der Waals surface area contributed by atoms with E-state index in [4.69, 9.17) is 8.22 Å². The summed E-state index contributed by atoms with van der Waals surface area (Å²) in [6.07, 6.45) is 0. The van der Waals surface area contributed by atoms with Crippen LogP contribution in [0.15, 0.2) is 182 Å². The average Bonchev–Trinajstić information content (AvgIpc) is 3.72. The first-order chi connectivity index (χ1) is 30.9. The molecule has 0 heterocycles. The Kier molecular flexibility index (Phi) is 7.04. The third-order valence-electron chi connectivity index (χ3n) is 12.7. The molecule has 1 nitrogen and oxygen atoms in total. The Hall–Kier alpha value is -6.44. The summed E-state index contributed by atoms with van der Waals surface area (Å²) in [5, 5.41) is 0. The second kappa shape index (κ2) is 13.6. The van der Waals surface area contributed by atoms with Crippen LogP contribution in [0.3, 0.4) is 0 Å². The molecule has 8 aromatic carbocycles. The monoisotopic (exact) mass is 767 g/mol. The Balaban J connectivity index is 1.22. The van der Waals surface area contributed by atoms with Crippen LogP contribution in [-0.4, -0.2) is 0 Å². The van der Waals surface area contributed by atoms with Gasteiger partial charge in [0, 0.05) is 36.0 Å². The molecule has 10 rings (SSSR count). The molecule has 2 aliphatic rings. The molecule has 0 spiro atoms. The van der Waals surface area contributed by atoms with E-state index in [0.717, 1.165) is 50.3 Å². The number of rotatable bonds is 6. The van der Waals surface area contributed by atoms with Crippen LogP contribution < -0.4 is 4.90 Å². The second-order valence-corrected chi connectivity index (χ2v) is 17.7. The molecule has 0 saturated carbocycles. The number of hydrogen-bond acceptors (Lipinski definition) is 1. The summed E-state index contributed by atoms with van der Waals surface area (Å²) in [4.78, 5) is 2.19. The fourth-order valence-corrected chi connectivity index (χ4v) is 9.62. The largest absolute Gasteiger partial charge is 0.310 e. The molecule has 0 fully saturated rings. The Morgan fingerprint density at radius 2 is 0.915 bits per heavy atom. The van der Waals surface area contributed by atoms with Crippen LogP contribution in [0.1, 0.15) is 84.4 Å². The van der Waals surface area contributed by atoms with Crippen LogP contribution >= 0.6 is 0 Å². The molecule has 0 atom stereocenters. The molecule has 0 aliphatic heterocycles. The normalized spacial score (nSPS) is 16.2. The highest BCUT2D eigenvalue weighted by Gasteiger charge is 2.40. The van der Waals surface area contributed by atoms with Gasteiger partial charge in [0.15, 0.2) is 0 Å². The van der Waals surface area contributed by atoms with Crippen LogP contribution in [0.25, 0.3) is 55.6 Å². The number of anilines is 3. The van der Waals surface area contributed by atoms with Crippen molar-refractivity contribution >= 4 is 17.1 Å². The fourth-order valence-electron chi connectivity index (χ4n) is 9.62. The zero-order valence-corrected chi connectivity index (χ0v) is 34.3. The van der Waals surface area contributed by atoms with Crippen molar-refractivity contribution in [2.24, 2.45) is 0 Å². The Morgan fingerprint density at radius 1 is 0.407 bits per heavy atom. The highest BCUT2D eigenvalue weighted by Crippen LogP contribution is 2.56. The smallest absolute Gasteiger partial charge is 0.0540 e. The second-order valence-electron chi connectivity index (χ2n) is 17.7. The number of nitrogens with zero attached hydrogens (tertiary/aromatic N) is 1. The van der Waals surface area contributed by atoms with Crippen molar-refractivity contribution in [1.82, 2.24) is 0 Å². The van der Waals surface area contributed by atoms with Gasteiger partial charge in [-0.3, -0.25) is 0 Å². The Bertz CT molecular complexity index is 3100. The summed E-state index contributed by atoms with van der Waals surface area (Å²) in [5.41, 5.74) is 14.2. The van der Waals surface area contributed by atoms with Crippen LogP contribution in [0, 0.1) is 0 Å². The minimum atomic E-state index is -2.89. The number of para-hydroxylation sites is 1. The lowest BCUT2D eigenvalue weighted by Crippen LogP contribution is -2.18. The molecule has 0 bridgehead atoms. The van der Waals surface area contributed by atoms with Gasteiger partial charge in [0.2, 0.25) is 0 Å². The molecule has 59 heavy (non-hydrogen) atoms. The van der Waals surface area contributed by atoms with Crippen molar-refractivity contribution in [2.45, 2.75) is 64.6 Å². The molecule has 0 unspecified atom stereocenters. The zero-order chi connectivity index (χ0) is 45.7. The average molecular weight is 768 g/mol. The fraction of sp³-hybridized carbons (Fsp3) is 0.172. The number of hydrogen-bond donors (Lipinski definition) is 0. The van der Waals surface area contributed by atoms with Gasteiger partial charge >= 0.3 is 0 Å². The summed E-state index contributed by atoms with van der Waals surface area (Å²) in [5.74, 6) is 0. The van der Waals surface area contributed by atoms with Crippen molar-refractivity contribution in [2.75, 3.05) is 4.90 Å². The van der Waals surface area contributed by atoms with E-state index in [1.807, 2.05) is 48.5 Å². The molecule has 0 radical (unpaired) electrons. The maximum atomic E-state index is 9.01. The molecule has 0 aromatic heterocycles. The van der Waals surface area contributed by atoms with Gasteiger partial charge in [0.1, 0.15) is 0 Å². The highest BCUT2D eigenvalue weighted by atomic mass is 15.1. The SMILES string of the molecule is [2H]C([2H])([2H])C1(C([2H])([2H])[2H])c2ccccc2-c2ccc(N(c3ccc4c(c3)C(C)(C)c3c(-c5ccccc5)cc(-c5ccccc5)cc3-4)c3ccccc3-c3ccc(C(C)(C)C)cc3)cc21. The van der Waals surface area contributed by atoms with E-state index in [1.165, 1.54) is 22.3 Å². The minimum absolute atomic E-state index is 0.0266. The standard InChI is InChI=1S/C58H51N/c1-56(2,3)42-28-26-40(27-29-42)45-22-15-17-25-54(45)59(43-30-32-47-46-23-14-16-24-51(46)57(4,5)52(47)36-43)44-31-33-48-50-35-41(38-18-10-8-11-19-38)34-49(39-20-12-9-13-21-39)55(50)58(6,7)53(48)37-44/h8-37H,1-7H3/i4D3,5D3. The summed E-state index contributed by atoms with van der Waals surface area (Å²) in [6.45, 7) is 5.45. The van der Waals surface area contributed by atoms with Crippen LogP contribution in [-0.2, 0) is 16.2 Å². The minimum Gasteiger partial charge on any atom is -0.310 e. The summed E-state index contributed by atoms with van der Waals surface area (Å²) in [6, 6.07) is 62.4. The van der Waals surface area contributed by atoms with Crippen molar-refractivity contribution in [3.8, 4) is 55.6 Å². The highest BCUT2D eigenvalue weighted by molar-refractivity contribution is 5.95. The van der Waals surface area contributed by atoms with E-state index in [2.05, 4.69) is 161 Å². The molecule has 8 aromatic rings. The third kappa shape index (κ3) is 5.98. The van der Waals surface area contributed by atoms with Crippen molar-refractivity contribution < 1.29 is 8.22 Å². The first-order valence-corrected chi connectivity index (χ1v) is 20.6. The van der Waals surface area contributed by atoms with E-state index >= 15 is 0 Å². The molecule has 1 heteroatoms. The first kappa shape index (κ1) is 30.6. The van der Waals surface area contributed by atoms with Gasteiger partial charge in [-0.1, -0.05) is 188 Å². The lowest BCUT2D eigenvalue weighted by Gasteiger charge is -2.31. The molecule has 2 aliphatic carbocycles. The van der Waals surface area contributed by atoms with E-state index in [1.54, 1.807) is 12.1 Å². The van der Waals surface area contributed by atoms with Gasteiger partial charge in [-0.2, -0.15) is 0 Å². The maximum Gasteiger partial charge on any atom is 0.0540 e. The zero-order valence-electron chi connectivity index (χ0n) is 40.3. The Morgan fingerprint density at radius 3 is 1.56 bits per heavy atom. The molecule has 0 saturated heterocycles. The van der Waals surface area contributed by atoms with Crippen molar-refractivity contribution in [3.05, 3.63) is 210 Å². The van der Waals surface area contributed by atoms with Gasteiger partial charge in [0.25, 0.3) is 0 Å². The van der Waals surface area contributed by atoms with Gasteiger partial charge in [-0.05, 0) is 126 Å². The Labute approximate surface area is 359 Å². The number of fused-ring (bicyclic) bond motifs is 6. The number of benzene rings is 8. The lowest BCUT2D eigenvalue weighted by atomic mass is 9.78. The molecule has 0 N–H and O–H groups in total. The van der Waals surface area contributed by atoms with E-state index in [9.17, 15) is 0 Å². The third-order valence-corrected chi connectivity index (χ3v) is 12.7. The van der Waals surface area contributed by atoms with Crippen molar-refractivity contribution in [3.63, 3.8) is 0 Å². The topological polar surface area (TPSA) is 3.24 Å². The van der Waals surface area contributed by atoms with Crippen molar-refractivity contribution in [1.29, 1.82) is 0 Å². The predicted molar refractivity (Wildman–Crippen MR) is 251 cm³/mol. The van der Waals surface area contributed by atoms with E-state index < -0.39 is 24.5 Å². The summed E-state index contributed by atoms with van der Waals surface area (Å²) < 4.78 is 54.0. The quantitative estimate of drug-likeness (QED) is 0.163. The summed E-state index contributed by atoms with van der Waals surface area (Å²) in [7, 11) is 0. The summed E-state index contributed by atoms with van der Waals surface area (Å²) >= 11 is 0. The molecular formula is C58H51N. The maximum absolute atomic E-state index is 9.01. The van der Waals surface area contributed by atoms with Gasteiger partial charge in [0.05, 0.1) is 5.69 Å². The molecule has 0 amide bonds. The first-order valence-electron chi connectivity index (χ1n) is 23.6. The van der Waals surface area contributed by atoms with E-state index in [0.29, 0.717) is 22.4 Å². The molecule has 288 valence electrons. The van der Waals surface area contributed by atoms with Gasteiger partial charge in [-0.25, -0.2) is 0 Å². The van der Waals surface area contributed by atoms with Crippen LogP contribution in [0.2, 0.25) is 0 Å². The lowest BCUT2D eigenvalue weighted by molar-refractivity contribution is 0.590. The van der Waals surface area contributed by atoms with Crippen LogP contribution in [0.5, 0.6) is 0 Å². The van der Waals surface area contributed by atoms with Gasteiger partial charge < -0.3 is 4.90 Å². The predicted octanol–water partition coefficient (Wildman–Crippen LogP) is 16.1.